The highest BCUT2D eigenvalue weighted by atomic mass is 15.2. The number of anilines is 1. The van der Waals surface area contributed by atoms with Crippen molar-refractivity contribution in [3.05, 3.63) is 18.1 Å². The molecule has 1 aliphatic rings. The SMILES string of the molecule is CC1CC(C)N(c2cnc(CN)cn2)C1. The smallest absolute Gasteiger partial charge is 0.147 e. The number of hydrogen-bond donors (Lipinski definition) is 1. The van der Waals surface area contributed by atoms with E-state index < -0.39 is 0 Å². The standard InChI is InChI=1S/C11H18N4/c1-8-3-9(2)15(7-8)11-6-13-10(4-12)5-14-11/h5-6,8-9H,3-4,7,12H2,1-2H3. The Balaban J connectivity index is 2.15. The maximum Gasteiger partial charge on any atom is 0.147 e. The summed E-state index contributed by atoms with van der Waals surface area (Å²) in [6.45, 7) is 6.05. The zero-order chi connectivity index (χ0) is 10.8. The van der Waals surface area contributed by atoms with Crippen LogP contribution in [-0.2, 0) is 6.54 Å². The average Bonchev–Trinajstić information content (AvgIpc) is 2.58. The van der Waals surface area contributed by atoms with Gasteiger partial charge in [0.05, 0.1) is 18.1 Å². The summed E-state index contributed by atoms with van der Waals surface area (Å²) in [5, 5.41) is 0. The van der Waals surface area contributed by atoms with Gasteiger partial charge in [-0.15, -0.1) is 0 Å². The van der Waals surface area contributed by atoms with Crippen molar-refractivity contribution in [1.82, 2.24) is 9.97 Å². The van der Waals surface area contributed by atoms with Gasteiger partial charge < -0.3 is 10.6 Å². The molecule has 1 aromatic heterocycles. The van der Waals surface area contributed by atoms with E-state index in [9.17, 15) is 0 Å². The first-order valence-corrected chi connectivity index (χ1v) is 5.48. The van der Waals surface area contributed by atoms with Gasteiger partial charge in [0.2, 0.25) is 0 Å². The molecule has 2 unspecified atom stereocenters. The van der Waals surface area contributed by atoms with Gasteiger partial charge in [-0.25, -0.2) is 4.98 Å². The molecule has 0 aliphatic carbocycles. The Morgan fingerprint density at radius 2 is 2.20 bits per heavy atom. The summed E-state index contributed by atoms with van der Waals surface area (Å²) in [7, 11) is 0. The minimum absolute atomic E-state index is 0.458. The Kier molecular flexibility index (Phi) is 2.86. The van der Waals surface area contributed by atoms with E-state index in [1.165, 1.54) is 6.42 Å². The molecule has 0 saturated carbocycles. The van der Waals surface area contributed by atoms with Crippen molar-refractivity contribution in [2.45, 2.75) is 32.9 Å². The molecule has 0 amide bonds. The molecule has 2 N–H and O–H groups in total. The molecule has 2 heterocycles. The third-order valence-corrected chi connectivity index (χ3v) is 2.98. The van der Waals surface area contributed by atoms with E-state index in [0.717, 1.165) is 24.0 Å². The lowest BCUT2D eigenvalue weighted by Gasteiger charge is -2.22. The Labute approximate surface area is 90.5 Å². The van der Waals surface area contributed by atoms with Crippen LogP contribution in [-0.4, -0.2) is 22.6 Å². The summed E-state index contributed by atoms with van der Waals surface area (Å²) in [5.74, 6) is 1.72. The second-order valence-corrected chi connectivity index (χ2v) is 4.41. The highest BCUT2D eigenvalue weighted by Gasteiger charge is 2.26. The fraction of sp³-hybridized carbons (Fsp3) is 0.636. The largest absolute Gasteiger partial charge is 0.352 e. The number of nitrogens with zero attached hydrogens (tertiary/aromatic N) is 3. The van der Waals surface area contributed by atoms with Crippen LogP contribution in [0.25, 0.3) is 0 Å². The predicted octanol–water partition coefficient (Wildman–Crippen LogP) is 1.17. The maximum absolute atomic E-state index is 5.49. The monoisotopic (exact) mass is 206 g/mol. The van der Waals surface area contributed by atoms with E-state index in [1.807, 2.05) is 6.20 Å². The molecule has 2 rings (SSSR count). The lowest BCUT2D eigenvalue weighted by Crippen LogP contribution is -2.27. The highest BCUT2D eigenvalue weighted by molar-refractivity contribution is 5.38. The molecule has 82 valence electrons. The third kappa shape index (κ3) is 2.09. The molecular weight excluding hydrogens is 188 g/mol. The van der Waals surface area contributed by atoms with E-state index in [2.05, 4.69) is 28.7 Å². The topological polar surface area (TPSA) is 55.0 Å². The van der Waals surface area contributed by atoms with Crippen molar-refractivity contribution in [3.8, 4) is 0 Å². The fourth-order valence-corrected chi connectivity index (χ4v) is 2.22. The van der Waals surface area contributed by atoms with Gasteiger partial charge in [0.25, 0.3) is 0 Å². The Morgan fingerprint density at radius 3 is 2.67 bits per heavy atom. The van der Waals surface area contributed by atoms with Gasteiger partial charge in [-0.2, -0.15) is 0 Å². The van der Waals surface area contributed by atoms with Crippen LogP contribution in [0.1, 0.15) is 26.0 Å². The summed E-state index contributed by atoms with van der Waals surface area (Å²) in [5.41, 5.74) is 6.33. The van der Waals surface area contributed by atoms with Crippen LogP contribution in [0.3, 0.4) is 0 Å². The second kappa shape index (κ2) is 4.14. The molecular formula is C11H18N4. The fourth-order valence-electron chi connectivity index (χ4n) is 2.22. The van der Waals surface area contributed by atoms with Crippen molar-refractivity contribution in [3.63, 3.8) is 0 Å². The first-order valence-electron chi connectivity index (χ1n) is 5.48. The van der Waals surface area contributed by atoms with Gasteiger partial charge in [0.1, 0.15) is 5.82 Å². The van der Waals surface area contributed by atoms with Gasteiger partial charge in [0, 0.05) is 19.1 Å². The molecule has 1 saturated heterocycles. The van der Waals surface area contributed by atoms with E-state index in [-0.39, 0.29) is 0 Å². The third-order valence-electron chi connectivity index (χ3n) is 2.98. The number of aromatic nitrogens is 2. The molecule has 0 bridgehead atoms. The van der Waals surface area contributed by atoms with Crippen molar-refractivity contribution < 1.29 is 0 Å². The quantitative estimate of drug-likeness (QED) is 0.789. The number of nitrogens with two attached hydrogens (primary N) is 1. The summed E-state index contributed by atoms with van der Waals surface area (Å²) >= 11 is 0. The lowest BCUT2D eigenvalue weighted by atomic mass is 10.1. The van der Waals surface area contributed by atoms with Gasteiger partial charge >= 0.3 is 0 Å². The van der Waals surface area contributed by atoms with E-state index in [4.69, 9.17) is 5.73 Å². The molecule has 0 spiro atoms. The molecule has 1 aliphatic heterocycles. The zero-order valence-corrected chi connectivity index (χ0v) is 9.35. The first kappa shape index (κ1) is 10.4. The zero-order valence-electron chi connectivity index (χ0n) is 9.35. The van der Waals surface area contributed by atoms with Crippen molar-refractivity contribution in [2.75, 3.05) is 11.4 Å². The van der Waals surface area contributed by atoms with Gasteiger partial charge in [0.15, 0.2) is 0 Å². The average molecular weight is 206 g/mol. The van der Waals surface area contributed by atoms with E-state index in [0.29, 0.717) is 12.6 Å². The summed E-state index contributed by atoms with van der Waals surface area (Å²) in [6.07, 6.45) is 4.84. The molecule has 1 aromatic rings. The molecule has 0 aromatic carbocycles. The maximum atomic E-state index is 5.49. The van der Waals surface area contributed by atoms with Gasteiger partial charge in [-0.05, 0) is 19.3 Å². The predicted molar refractivity (Wildman–Crippen MR) is 60.5 cm³/mol. The summed E-state index contributed by atoms with van der Waals surface area (Å²) in [6, 6.07) is 0.568. The Hall–Kier alpha value is -1.16. The first-order chi connectivity index (χ1) is 7.20. The Bertz CT molecular complexity index is 322. The summed E-state index contributed by atoms with van der Waals surface area (Å²) < 4.78 is 0. The minimum atomic E-state index is 0.458. The van der Waals surface area contributed by atoms with Crippen LogP contribution >= 0.6 is 0 Å². The molecule has 2 atom stereocenters. The van der Waals surface area contributed by atoms with Crippen LogP contribution in [0.5, 0.6) is 0 Å². The Morgan fingerprint density at radius 1 is 1.40 bits per heavy atom. The van der Waals surface area contributed by atoms with Crippen LogP contribution in [0.2, 0.25) is 0 Å². The normalized spacial score (nSPS) is 25.9. The van der Waals surface area contributed by atoms with E-state index >= 15 is 0 Å². The second-order valence-electron chi connectivity index (χ2n) is 4.41. The van der Waals surface area contributed by atoms with Gasteiger partial charge in [-0.1, -0.05) is 6.92 Å². The van der Waals surface area contributed by atoms with Gasteiger partial charge in [-0.3, -0.25) is 4.98 Å². The highest BCUT2D eigenvalue weighted by Crippen LogP contribution is 2.26. The van der Waals surface area contributed by atoms with E-state index in [1.54, 1.807) is 6.20 Å². The molecule has 4 nitrogen and oxygen atoms in total. The van der Waals surface area contributed by atoms with Crippen LogP contribution < -0.4 is 10.6 Å². The van der Waals surface area contributed by atoms with Crippen LogP contribution in [0, 0.1) is 5.92 Å². The molecule has 15 heavy (non-hydrogen) atoms. The van der Waals surface area contributed by atoms with Crippen LogP contribution in [0.15, 0.2) is 12.4 Å². The molecule has 4 heteroatoms. The number of hydrogen-bond acceptors (Lipinski definition) is 4. The van der Waals surface area contributed by atoms with Crippen molar-refractivity contribution in [1.29, 1.82) is 0 Å². The summed E-state index contributed by atoms with van der Waals surface area (Å²) in [4.78, 5) is 11.0. The van der Waals surface area contributed by atoms with Crippen molar-refractivity contribution in [2.24, 2.45) is 11.7 Å². The lowest BCUT2D eigenvalue weighted by molar-refractivity contribution is 0.625. The van der Waals surface area contributed by atoms with Crippen molar-refractivity contribution >= 4 is 5.82 Å². The molecule has 0 radical (unpaired) electrons. The minimum Gasteiger partial charge on any atom is -0.352 e. The van der Waals surface area contributed by atoms with Crippen LogP contribution in [0.4, 0.5) is 5.82 Å². The molecule has 1 fully saturated rings. The number of rotatable bonds is 2.